The molecule has 1 fully saturated rings. The molecule has 0 aromatic heterocycles. The number of rotatable bonds is 6. The number of para-hydroxylation sites is 1. The molecule has 2 amide bonds. The van der Waals surface area contributed by atoms with Gasteiger partial charge in [-0.05, 0) is 48.6 Å². The van der Waals surface area contributed by atoms with Gasteiger partial charge in [0, 0.05) is 17.2 Å². The fourth-order valence-corrected chi connectivity index (χ4v) is 4.43. The number of carbonyl (C=O) groups is 2. The Hall–Kier alpha value is -2.14. The van der Waals surface area contributed by atoms with E-state index in [0.29, 0.717) is 0 Å². The first-order chi connectivity index (χ1) is 13.5. The van der Waals surface area contributed by atoms with Crippen LogP contribution in [0.4, 0.5) is 5.69 Å². The summed E-state index contributed by atoms with van der Waals surface area (Å²) in [5, 5.41) is 2.96. The number of likely N-dealkylation sites (N-methyl/N-ethyl adjacent to an activating group) is 1. The maximum absolute atomic E-state index is 13.4. The molecule has 5 heteroatoms. The van der Waals surface area contributed by atoms with E-state index in [2.05, 4.69) is 28.2 Å². The molecule has 2 aromatic rings. The molecule has 28 heavy (non-hydrogen) atoms. The van der Waals surface area contributed by atoms with Crippen LogP contribution in [0.25, 0.3) is 0 Å². The first-order valence-electron chi connectivity index (χ1n) is 9.85. The number of hydrogen-bond acceptors (Lipinski definition) is 2. The Labute approximate surface area is 175 Å². The third kappa shape index (κ3) is 4.30. The molecular formula is C23H27BrN2O2. The summed E-state index contributed by atoms with van der Waals surface area (Å²) < 4.78 is 0.999. The van der Waals surface area contributed by atoms with Crippen molar-refractivity contribution in [1.29, 1.82) is 0 Å². The zero-order valence-corrected chi connectivity index (χ0v) is 18.1. The van der Waals surface area contributed by atoms with Gasteiger partial charge in [0.15, 0.2) is 0 Å². The van der Waals surface area contributed by atoms with Gasteiger partial charge < -0.3 is 10.2 Å². The highest BCUT2D eigenvalue weighted by molar-refractivity contribution is 9.10. The Morgan fingerprint density at radius 2 is 1.71 bits per heavy atom. The van der Waals surface area contributed by atoms with E-state index in [1.165, 1.54) is 0 Å². The quantitative estimate of drug-likeness (QED) is 0.689. The topological polar surface area (TPSA) is 49.4 Å². The second-order valence-corrected chi connectivity index (χ2v) is 8.43. The summed E-state index contributed by atoms with van der Waals surface area (Å²) in [6.45, 7) is 2.11. The van der Waals surface area contributed by atoms with Gasteiger partial charge in [-0.2, -0.15) is 0 Å². The zero-order valence-electron chi connectivity index (χ0n) is 16.5. The molecule has 0 spiro atoms. The SMILES string of the molecule is CCc1ccccc1NC(=O)CN(C)C(=O)C1(c2ccc(Br)cc2)CCCC1. The van der Waals surface area contributed by atoms with Crippen molar-refractivity contribution in [3.05, 3.63) is 64.1 Å². The maximum Gasteiger partial charge on any atom is 0.243 e. The number of nitrogens with one attached hydrogen (secondary N) is 1. The predicted octanol–water partition coefficient (Wildman–Crippen LogP) is 4.92. The summed E-state index contributed by atoms with van der Waals surface area (Å²) in [7, 11) is 1.73. The molecule has 1 aliphatic carbocycles. The Bertz CT molecular complexity index is 842. The first-order valence-corrected chi connectivity index (χ1v) is 10.6. The van der Waals surface area contributed by atoms with E-state index >= 15 is 0 Å². The van der Waals surface area contributed by atoms with Gasteiger partial charge in [-0.3, -0.25) is 9.59 Å². The minimum Gasteiger partial charge on any atom is -0.336 e. The van der Waals surface area contributed by atoms with Crippen molar-refractivity contribution < 1.29 is 9.59 Å². The van der Waals surface area contributed by atoms with Crippen molar-refractivity contribution in [3.63, 3.8) is 0 Å². The highest BCUT2D eigenvalue weighted by Crippen LogP contribution is 2.42. The zero-order chi connectivity index (χ0) is 20.1. The number of anilines is 1. The average molecular weight is 443 g/mol. The van der Waals surface area contributed by atoms with Crippen LogP contribution in [0, 0.1) is 0 Å². The standard InChI is InChI=1S/C23H27BrN2O2/c1-3-17-8-4-5-9-20(17)25-21(27)16-26(2)22(28)23(14-6-7-15-23)18-10-12-19(24)13-11-18/h4-5,8-13H,3,6-7,14-16H2,1-2H3,(H,25,27). The predicted molar refractivity (Wildman–Crippen MR) is 116 cm³/mol. The smallest absolute Gasteiger partial charge is 0.243 e. The molecule has 0 heterocycles. The maximum atomic E-state index is 13.4. The normalized spacial score (nSPS) is 15.2. The Morgan fingerprint density at radius 3 is 2.36 bits per heavy atom. The summed E-state index contributed by atoms with van der Waals surface area (Å²) in [6.07, 6.45) is 4.57. The number of halogens is 1. The Morgan fingerprint density at radius 1 is 1.07 bits per heavy atom. The van der Waals surface area contributed by atoms with Gasteiger partial charge in [-0.25, -0.2) is 0 Å². The van der Waals surface area contributed by atoms with E-state index in [1.54, 1.807) is 11.9 Å². The minimum atomic E-state index is -0.517. The molecule has 0 aliphatic heterocycles. The van der Waals surface area contributed by atoms with Crippen molar-refractivity contribution in [3.8, 4) is 0 Å². The van der Waals surface area contributed by atoms with Gasteiger partial charge in [0.05, 0.1) is 12.0 Å². The number of carbonyl (C=O) groups excluding carboxylic acids is 2. The molecule has 148 valence electrons. The van der Waals surface area contributed by atoms with Gasteiger partial charge in [0.1, 0.15) is 0 Å². The van der Waals surface area contributed by atoms with E-state index < -0.39 is 5.41 Å². The van der Waals surface area contributed by atoms with Crippen LogP contribution in [-0.4, -0.2) is 30.3 Å². The lowest BCUT2D eigenvalue weighted by Crippen LogP contribution is -2.46. The van der Waals surface area contributed by atoms with Crippen molar-refractivity contribution in [2.24, 2.45) is 0 Å². The van der Waals surface area contributed by atoms with Gasteiger partial charge in [-0.15, -0.1) is 0 Å². The third-order valence-electron chi connectivity index (χ3n) is 5.66. The van der Waals surface area contributed by atoms with Gasteiger partial charge in [0.25, 0.3) is 0 Å². The van der Waals surface area contributed by atoms with Crippen LogP contribution < -0.4 is 5.32 Å². The highest BCUT2D eigenvalue weighted by Gasteiger charge is 2.44. The fourth-order valence-electron chi connectivity index (χ4n) is 4.17. The first kappa shape index (κ1) is 20.6. The van der Waals surface area contributed by atoms with Crippen molar-refractivity contribution in [2.45, 2.75) is 44.4 Å². The van der Waals surface area contributed by atoms with E-state index in [9.17, 15) is 9.59 Å². The fraction of sp³-hybridized carbons (Fsp3) is 0.391. The monoisotopic (exact) mass is 442 g/mol. The molecule has 0 saturated heterocycles. The van der Waals surface area contributed by atoms with Crippen LogP contribution in [0.2, 0.25) is 0 Å². The summed E-state index contributed by atoms with van der Waals surface area (Å²) in [6, 6.07) is 15.8. The number of aryl methyl sites for hydroxylation is 1. The molecule has 0 unspecified atom stereocenters. The lowest BCUT2D eigenvalue weighted by atomic mass is 9.77. The number of hydrogen-bond donors (Lipinski definition) is 1. The van der Waals surface area contributed by atoms with E-state index in [-0.39, 0.29) is 18.4 Å². The summed E-state index contributed by atoms with van der Waals surface area (Å²) in [4.78, 5) is 27.6. The van der Waals surface area contributed by atoms with Crippen LogP contribution in [0.15, 0.2) is 53.0 Å². The van der Waals surface area contributed by atoms with Gasteiger partial charge >= 0.3 is 0 Å². The van der Waals surface area contributed by atoms with Crippen molar-refractivity contribution >= 4 is 33.4 Å². The Kier molecular flexibility index (Phi) is 6.55. The van der Waals surface area contributed by atoms with E-state index in [4.69, 9.17) is 0 Å². The lowest BCUT2D eigenvalue weighted by molar-refractivity contribution is -0.138. The summed E-state index contributed by atoms with van der Waals surface area (Å²) >= 11 is 3.47. The minimum absolute atomic E-state index is 0.0336. The molecule has 1 aliphatic rings. The number of amides is 2. The number of nitrogens with zero attached hydrogens (tertiary/aromatic N) is 1. The molecular weight excluding hydrogens is 416 g/mol. The average Bonchev–Trinajstić information content (AvgIpc) is 3.19. The summed E-state index contributed by atoms with van der Waals surface area (Å²) in [5.74, 6) is -0.132. The molecule has 1 N–H and O–H groups in total. The van der Waals surface area contributed by atoms with Crippen LogP contribution in [0.5, 0.6) is 0 Å². The van der Waals surface area contributed by atoms with Crippen molar-refractivity contribution in [2.75, 3.05) is 18.9 Å². The number of benzene rings is 2. The second-order valence-electron chi connectivity index (χ2n) is 7.52. The molecule has 0 bridgehead atoms. The molecule has 1 saturated carbocycles. The van der Waals surface area contributed by atoms with Gasteiger partial charge in [0.2, 0.25) is 11.8 Å². The van der Waals surface area contributed by atoms with Crippen molar-refractivity contribution in [1.82, 2.24) is 4.90 Å². The van der Waals surface area contributed by atoms with Crippen LogP contribution in [0.3, 0.4) is 0 Å². The highest BCUT2D eigenvalue weighted by atomic mass is 79.9. The van der Waals surface area contributed by atoms with Crippen LogP contribution in [-0.2, 0) is 21.4 Å². The molecule has 0 atom stereocenters. The largest absolute Gasteiger partial charge is 0.336 e. The van der Waals surface area contributed by atoms with E-state index in [1.807, 2.05) is 48.5 Å². The molecule has 0 radical (unpaired) electrons. The molecule has 4 nitrogen and oxygen atoms in total. The second kappa shape index (κ2) is 8.91. The van der Waals surface area contributed by atoms with Gasteiger partial charge in [-0.1, -0.05) is 66.0 Å². The third-order valence-corrected chi connectivity index (χ3v) is 6.19. The van der Waals surface area contributed by atoms with Crippen LogP contribution in [0.1, 0.15) is 43.7 Å². The lowest BCUT2D eigenvalue weighted by Gasteiger charge is -2.32. The van der Waals surface area contributed by atoms with Crippen LogP contribution >= 0.6 is 15.9 Å². The summed E-state index contributed by atoms with van der Waals surface area (Å²) in [5.41, 5.74) is 2.44. The Balaban J connectivity index is 1.73. The molecule has 2 aromatic carbocycles. The molecule has 3 rings (SSSR count). The van der Waals surface area contributed by atoms with E-state index in [0.717, 1.165) is 53.4 Å².